The summed E-state index contributed by atoms with van der Waals surface area (Å²) >= 11 is 1.34. The maximum Gasteiger partial charge on any atom is 0.0114 e. The Morgan fingerprint density at radius 2 is 2.17 bits per heavy atom. The van der Waals surface area contributed by atoms with Crippen molar-refractivity contribution >= 4 is 12.1 Å². The third-order valence-electron chi connectivity index (χ3n) is 0.964. The van der Waals surface area contributed by atoms with Gasteiger partial charge < -0.3 is 0 Å². The maximum atomic E-state index is 5.18. The molecule has 0 unspecified atom stereocenters. The summed E-state index contributed by atoms with van der Waals surface area (Å²) < 4.78 is 2.12. The standard InChI is InChI=1S/C3H8N2S/c4-6-5-2-1-3-5/h1-4H2. The molecule has 0 saturated carbocycles. The smallest absolute Gasteiger partial charge is 0.0114 e. The van der Waals surface area contributed by atoms with Crippen molar-refractivity contribution in [2.75, 3.05) is 13.1 Å². The van der Waals surface area contributed by atoms with Crippen LogP contribution in [-0.2, 0) is 0 Å². The monoisotopic (exact) mass is 104 g/mol. The quantitative estimate of drug-likeness (QED) is 0.482. The lowest BCUT2D eigenvalue weighted by Gasteiger charge is -2.26. The molecule has 0 aromatic heterocycles. The highest BCUT2D eigenvalue weighted by molar-refractivity contribution is 7.94. The van der Waals surface area contributed by atoms with Gasteiger partial charge in [0.1, 0.15) is 0 Å². The third kappa shape index (κ3) is 0.668. The van der Waals surface area contributed by atoms with Gasteiger partial charge in [-0.25, -0.2) is 4.31 Å². The molecule has 1 aliphatic rings. The van der Waals surface area contributed by atoms with Crippen LogP contribution in [0.1, 0.15) is 6.42 Å². The molecule has 0 aliphatic carbocycles. The molecule has 0 amide bonds. The van der Waals surface area contributed by atoms with Gasteiger partial charge in [0.15, 0.2) is 0 Å². The van der Waals surface area contributed by atoms with Crippen LogP contribution in [0, 0.1) is 0 Å². The fraction of sp³-hybridized carbons (Fsp3) is 1.00. The van der Waals surface area contributed by atoms with E-state index in [0.29, 0.717) is 0 Å². The van der Waals surface area contributed by atoms with Gasteiger partial charge in [0.05, 0.1) is 0 Å². The summed E-state index contributed by atoms with van der Waals surface area (Å²) in [5, 5.41) is 5.18. The van der Waals surface area contributed by atoms with Crippen molar-refractivity contribution in [1.29, 1.82) is 0 Å². The summed E-state index contributed by atoms with van der Waals surface area (Å²) in [5.74, 6) is 0. The molecule has 36 valence electrons. The molecular weight excluding hydrogens is 96.1 g/mol. The Kier molecular flexibility index (Phi) is 1.34. The zero-order chi connectivity index (χ0) is 4.41. The van der Waals surface area contributed by atoms with Crippen molar-refractivity contribution in [3.8, 4) is 0 Å². The average molecular weight is 104 g/mol. The zero-order valence-electron chi connectivity index (χ0n) is 3.55. The molecule has 0 bridgehead atoms. The molecule has 3 heteroatoms. The van der Waals surface area contributed by atoms with Gasteiger partial charge in [-0.1, -0.05) is 0 Å². The first-order chi connectivity index (χ1) is 2.93. The van der Waals surface area contributed by atoms with E-state index in [-0.39, 0.29) is 0 Å². The summed E-state index contributed by atoms with van der Waals surface area (Å²) in [6, 6.07) is 0. The van der Waals surface area contributed by atoms with E-state index in [1.807, 2.05) is 0 Å². The van der Waals surface area contributed by atoms with Crippen LogP contribution >= 0.6 is 12.1 Å². The van der Waals surface area contributed by atoms with Gasteiger partial charge in [0, 0.05) is 25.2 Å². The molecule has 0 radical (unpaired) electrons. The van der Waals surface area contributed by atoms with E-state index in [1.54, 1.807) is 0 Å². The Morgan fingerprint density at radius 3 is 2.17 bits per heavy atom. The molecule has 1 aliphatic heterocycles. The Morgan fingerprint density at radius 1 is 1.50 bits per heavy atom. The Bertz CT molecular complexity index is 41.3. The number of nitrogens with two attached hydrogens (primary N) is 1. The van der Waals surface area contributed by atoms with E-state index in [1.165, 1.54) is 31.6 Å². The predicted octanol–water partition coefficient (Wildman–Crippen LogP) is 0.214. The van der Waals surface area contributed by atoms with Crippen LogP contribution < -0.4 is 5.14 Å². The fourth-order valence-corrected chi connectivity index (χ4v) is 0.862. The van der Waals surface area contributed by atoms with Crippen molar-refractivity contribution in [1.82, 2.24) is 4.31 Å². The topological polar surface area (TPSA) is 29.3 Å². The van der Waals surface area contributed by atoms with E-state index < -0.39 is 0 Å². The van der Waals surface area contributed by atoms with E-state index in [2.05, 4.69) is 4.31 Å². The van der Waals surface area contributed by atoms with Crippen LogP contribution in [0.4, 0.5) is 0 Å². The first-order valence-corrected chi connectivity index (χ1v) is 2.89. The number of hydrogen-bond acceptors (Lipinski definition) is 3. The summed E-state index contributed by atoms with van der Waals surface area (Å²) in [6.45, 7) is 2.36. The second kappa shape index (κ2) is 1.82. The summed E-state index contributed by atoms with van der Waals surface area (Å²) in [7, 11) is 0. The highest BCUT2D eigenvalue weighted by atomic mass is 32.2. The minimum absolute atomic E-state index is 1.18. The summed E-state index contributed by atoms with van der Waals surface area (Å²) in [6.07, 6.45) is 1.32. The molecule has 1 rings (SSSR count). The molecule has 0 aromatic rings. The van der Waals surface area contributed by atoms with Gasteiger partial charge >= 0.3 is 0 Å². The van der Waals surface area contributed by atoms with E-state index in [9.17, 15) is 0 Å². The number of nitrogens with zero attached hydrogens (tertiary/aromatic N) is 1. The van der Waals surface area contributed by atoms with Crippen LogP contribution in [0.25, 0.3) is 0 Å². The normalized spacial score (nSPS) is 23.5. The molecular formula is C3H8N2S. The van der Waals surface area contributed by atoms with Gasteiger partial charge in [0.25, 0.3) is 0 Å². The average Bonchev–Trinajstić information content (AvgIpc) is 1.31. The SMILES string of the molecule is NSN1CCC1. The van der Waals surface area contributed by atoms with Crippen LogP contribution in [0.15, 0.2) is 0 Å². The summed E-state index contributed by atoms with van der Waals surface area (Å²) in [4.78, 5) is 0. The minimum Gasteiger partial charge on any atom is -0.264 e. The fourth-order valence-electron chi connectivity index (χ4n) is 0.393. The van der Waals surface area contributed by atoms with Crippen LogP contribution in [-0.4, -0.2) is 17.4 Å². The highest BCUT2D eigenvalue weighted by Crippen LogP contribution is 2.11. The van der Waals surface area contributed by atoms with Crippen molar-refractivity contribution in [3.63, 3.8) is 0 Å². The lowest BCUT2D eigenvalue weighted by Crippen LogP contribution is -2.31. The van der Waals surface area contributed by atoms with Crippen LogP contribution in [0.3, 0.4) is 0 Å². The van der Waals surface area contributed by atoms with Gasteiger partial charge in [-0.2, -0.15) is 0 Å². The van der Waals surface area contributed by atoms with Crippen LogP contribution in [0.5, 0.6) is 0 Å². The lowest BCUT2D eigenvalue weighted by molar-refractivity contribution is 0.344. The second-order valence-corrected chi connectivity index (χ2v) is 2.12. The van der Waals surface area contributed by atoms with Gasteiger partial charge in [-0.3, -0.25) is 5.14 Å². The Balaban J connectivity index is 2.01. The van der Waals surface area contributed by atoms with Crippen molar-refractivity contribution in [3.05, 3.63) is 0 Å². The molecule has 1 saturated heterocycles. The van der Waals surface area contributed by atoms with E-state index in [4.69, 9.17) is 5.14 Å². The zero-order valence-corrected chi connectivity index (χ0v) is 4.37. The number of hydrogen-bond donors (Lipinski definition) is 1. The molecule has 2 nitrogen and oxygen atoms in total. The summed E-state index contributed by atoms with van der Waals surface area (Å²) in [5.41, 5.74) is 0. The molecule has 1 fully saturated rings. The van der Waals surface area contributed by atoms with E-state index >= 15 is 0 Å². The van der Waals surface area contributed by atoms with E-state index in [0.717, 1.165) is 0 Å². The first kappa shape index (κ1) is 4.43. The van der Waals surface area contributed by atoms with Crippen LogP contribution in [0.2, 0.25) is 0 Å². The number of rotatable bonds is 1. The first-order valence-electron chi connectivity index (χ1n) is 2.05. The second-order valence-electron chi connectivity index (χ2n) is 1.39. The highest BCUT2D eigenvalue weighted by Gasteiger charge is 2.10. The van der Waals surface area contributed by atoms with Gasteiger partial charge in [-0.05, 0) is 6.42 Å². The largest absolute Gasteiger partial charge is 0.264 e. The molecule has 6 heavy (non-hydrogen) atoms. The molecule has 0 spiro atoms. The third-order valence-corrected chi connectivity index (χ3v) is 1.63. The Hall–Kier alpha value is 0.270. The van der Waals surface area contributed by atoms with Gasteiger partial charge in [-0.15, -0.1) is 0 Å². The van der Waals surface area contributed by atoms with Crippen molar-refractivity contribution < 1.29 is 0 Å². The van der Waals surface area contributed by atoms with Gasteiger partial charge in [0.2, 0.25) is 0 Å². The van der Waals surface area contributed by atoms with Crippen molar-refractivity contribution in [2.45, 2.75) is 6.42 Å². The predicted molar refractivity (Wildman–Crippen MR) is 28.0 cm³/mol. The maximum absolute atomic E-state index is 5.18. The molecule has 1 heterocycles. The Labute approximate surface area is 42.0 Å². The minimum atomic E-state index is 1.18. The molecule has 0 aromatic carbocycles. The van der Waals surface area contributed by atoms with Crippen molar-refractivity contribution in [2.24, 2.45) is 5.14 Å². The molecule has 2 N–H and O–H groups in total. The molecule has 0 atom stereocenters. The lowest BCUT2D eigenvalue weighted by atomic mass is 10.3.